The van der Waals surface area contributed by atoms with E-state index in [1.807, 2.05) is 42.5 Å². The van der Waals surface area contributed by atoms with Gasteiger partial charge in [0.1, 0.15) is 11.6 Å². The first kappa shape index (κ1) is 21.8. The fourth-order valence-electron chi connectivity index (χ4n) is 3.64. The largest absolute Gasteiger partial charge is 0.497 e. The molecule has 0 saturated carbocycles. The third-order valence-electron chi connectivity index (χ3n) is 5.21. The van der Waals surface area contributed by atoms with E-state index >= 15 is 0 Å². The zero-order chi connectivity index (χ0) is 22.5. The van der Waals surface area contributed by atoms with Crippen LogP contribution in [0.3, 0.4) is 0 Å². The molecule has 0 aliphatic carbocycles. The standard InChI is InChI=1S/C25H22ClFN2O3/c1-31-20-9-4-6-17(12-20)15-29(25(30)18-7-5-8-19(27)13-18)16-21-14-24(28-32-21)22-10-2-3-11-23(22)26/h2-13,21H,14-16H2,1H3. The van der Waals surface area contributed by atoms with Crippen LogP contribution in [0.4, 0.5) is 4.39 Å². The number of benzene rings is 3. The van der Waals surface area contributed by atoms with Crippen molar-refractivity contribution in [2.75, 3.05) is 13.7 Å². The zero-order valence-electron chi connectivity index (χ0n) is 17.5. The number of nitrogens with zero attached hydrogens (tertiary/aromatic N) is 2. The van der Waals surface area contributed by atoms with E-state index in [-0.39, 0.29) is 24.1 Å². The number of hydrogen-bond acceptors (Lipinski definition) is 4. The molecule has 1 amide bonds. The summed E-state index contributed by atoms with van der Waals surface area (Å²) < 4.78 is 19.1. The normalized spacial score (nSPS) is 15.1. The molecule has 0 fully saturated rings. The van der Waals surface area contributed by atoms with Crippen LogP contribution in [0.1, 0.15) is 27.9 Å². The van der Waals surface area contributed by atoms with Gasteiger partial charge in [0.25, 0.3) is 5.91 Å². The van der Waals surface area contributed by atoms with E-state index in [2.05, 4.69) is 5.16 Å². The molecule has 3 aromatic carbocycles. The van der Waals surface area contributed by atoms with E-state index in [0.29, 0.717) is 23.7 Å². The van der Waals surface area contributed by atoms with Crippen LogP contribution >= 0.6 is 11.6 Å². The second kappa shape index (κ2) is 9.83. The van der Waals surface area contributed by atoms with E-state index in [1.165, 1.54) is 18.2 Å². The smallest absolute Gasteiger partial charge is 0.254 e. The lowest BCUT2D eigenvalue weighted by Gasteiger charge is -2.25. The van der Waals surface area contributed by atoms with Gasteiger partial charge in [0.15, 0.2) is 6.10 Å². The fraction of sp³-hybridized carbons (Fsp3) is 0.200. The average molecular weight is 453 g/mol. The third-order valence-corrected chi connectivity index (χ3v) is 5.54. The molecule has 0 spiro atoms. The Morgan fingerprint density at radius 3 is 2.75 bits per heavy atom. The summed E-state index contributed by atoms with van der Waals surface area (Å²) in [6, 6.07) is 20.6. The first-order valence-corrected chi connectivity index (χ1v) is 10.6. The fourth-order valence-corrected chi connectivity index (χ4v) is 3.89. The van der Waals surface area contributed by atoms with E-state index in [1.54, 1.807) is 24.1 Å². The van der Waals surface area contributed by atoms with E-state index in [4.69, 9.17) is 21.2 Å². The molecule has 0 saturated heterocycles. The van der Waals surface area contributed by atoms with Gasteiger partial charge in [-0.1, -0.05) is 53.2 Å². The first-order valence-electron chi connectivity index (χ1n) is 10.2. The summed E-state index contributed by atoms with van der Waals surface area (Å²) in [5.41, 5.74) is 2.71. The second-order valence-electron chi connectivity index (χ2n) is 7.50. The van der Waals surface area contributed by atoms with Crippen molar-refractivity contribution >= 4 is 23.2 Å². The number of hydrogen-bond donors (Lipinski definition) is 0. The predicted octanol–water partition coefficient (Wildman–Crippen LogP) is 5.32. The Kier molecular flexibility index (Phi) is 6.71. The summed E-state index contributed by atoms with van der Waals surface area (Å²) in [6.45, 7) is 0.595. The Morgan fingerprint density at radius 2 is 1.97 bits per heavy atom. The van der Waals surface area contributed by atoms with Crippen molar-refractivity contribution in [1.29, 1.82) is 0 Å². The average Bonchev–Trinajstić information content (AvgIpc) is 3.27. The minimum atomic E-state index is -0.460. The van der Waals surface area contributed by atoms with Crippen molar-refractivity contribution in [3.63, 3.8) is 0 Å². The quantitative estimate of drug-likeness (QED) is 0.487. The van der Waals surface area contributed by atoms with Crippen molar-refractivity contribution in [2.45, 2.75) is 19.1 Å². The van der Waals surface area contributed by atoms with Gasteiger partial charge < -0.3 is 14.5 Å². The third kappa shape index (κ3) is 5.08. The summed E-state index contributed by atoms with van der Waals surface area (Å²) in [7, 11) is 1.59. The molecule has 1 unspecified atom stereocenters. The highest BCUT2D eigenvalue weighted by Gasteiger charge is 2.28. The number of carbonyl (C=O) groups is 1. The van der Waals surface area contributed by atoms with Gasteiger partial charge in [-0.3, -0.25) is 4.79 Å². The highest BCUT2D eigenvalue weighted by molar-refractivity contribution is 6.34. The molecule has 0 radical (unpaired) electrons. The zero-order valence-corrected chi connectivity index (χ0v) is 18.3. The van der Waals surface area contributed by atoms with Crippen molar-refractivity contribution in [2.24, 2.45) is 5.16 Å². The minimum absolute atomic E-state index is 0.276. The topological polar surface area (TPSA) is 51.1 Å². The number of methoxy groups -OCH3 is 1. The maximum atomic E-state index is 13.8. The maximum absolute atomic E-state index is 13.8. The van der Waals surface area contributed by atoms with Crippen molar-refractivity contribution in [3.8, 4) is 5.75 Å². The molecular weight excluding hydrogens is 431 g/mol. The minimum Gasteiger partial charge on any atom is -0.497 e. The number of rotatable bonds is 7. The van der Waals surface area contributed by atoms with E-state index < -0.39 is 5.82 Å². The molecule has 3 aromatic rings. The molecule has 1 aliphatic rings. The highest BCUT2D eigenvalue weighted by Crippen LogP contribution is 2.24. The first-order chi connectivity index (χ1) is 15.5. The lowest BCUT2D eigenvalue weighted by Crippen LogP contribution is -2.37. The number of carbonyl (C=O) groups excluding carboxylic acids is 1. The van der Waals surface area contributed by atoms with Crippen molar-refractivity contribution in [3.05, 3.63) is 100 Å². The van der Waals surface area contributed by atoms with Crippen LogP contribution in [0, 0.1) is 5.82 Å². The Labute approximate surface area is 191 Å². The Morgan fingerprint density at radius 1 is 1.16 bits per heavy atom. The summed E-state index contributed by atoms with van der Waals surface area (Å²) in [5, 5.41) is 4.79. The summed E-state index contributed by atoms with van der Waals surface area (Å²) in [6.07, 6.45) is 0.166. The molecule has 32 heavy (non-hydrogen) atoms. The molecule has 1 atom stereocenters. The van der Waals surface area contributed by atoms with Crippen LogP contribution in [0.25, 0.3) is 0 Å². The summed E-state index contributed by atoms with van der Waals surface area (Å²) in [5.74, 6) is -0.0529. The molecule has 0 bridgehead atoms. The van der Waals surface area contributed by atoms with Gasteiger partial charge in [0, 0.05) is 29.1 Å². The van der Waals surface area contributed by atoms with Gasteiger partial charge in [-0.2, -0.15) is 0 Å². The maximum Gasteiger partial charge on any atom is 0.254 e. The van der Waals surface area contributed by atoms with Crippen molar-refractivity contribution < 1.29 is 18.8 Å². The van der Waals surface area contributed by atoms with Crippen LogP contribution in [0.2, 0.25) is 5.02 Å². The van der Waals surface area contributed by atoms with E-state index in [0.717, 1.165) is 16.8 Å². The summed E-state index contributed by atoms with van der Waals surface area (Å²) in [4.78, 5) is 20.5. The van der Waals surface area contributed by atoms with Gasteiger partial charge in [-0.05, 0) is 42.0 Å². The van der Waals surface area contributed by atoms with E-state index in [9.17, 15) is 9.18 Å². The van der Waals surface area contributed by atoms with Crippen LogP contribution in [0.5, 0.6) is 5.75 Å². The number of ether oxygens (including phenoxy) is 1. The number of oxime groups is 1. The Bertz CT molecular complexity index is 1150. The van der Waals surface area contributed by atoms with Crippen LogP contribution in [0.15, 0.2) is 78.0 Å². The van der Waals surface area contributed by atoms with Crippen LogP contribution in [-0.2, 0) is 11.4 Å². The monoisotopic (exact) mass is 452 g/mol. The SMILES string of the molecule is COc1cccc(CN(CC2CC(c3ccccc3Cl)=NO2)C(=O)c2cccc(F)c2)c1. The van der Waals surface area contributed by atoms with Crippen molar-refractivity contribution in [1.82, 2.24) is 4.90 Å². The highest BCUT2D eigenvalue weighted by atomic mass is 35.5. The number of amides is 1. The molecule has 4 rings (SSSR count). The number of halogens is 2. The molecule has 164 valence electrons. The molecule has 7 heteroatoms. The van der Waals surface area contributed by atoms with Gasteiger partial charge in [0.05, 0.1) is 19.4 Å². The molecule has 0 N–H and O–H groups in total. The molecule has 1 aliphatic heterocycles. The Hall–Kier alpha value is -3.38. The van der Waals surface area contributed by atoms with Gasteiger partial charge in [0.2, 0.25) is 0 Å². The molecule has 5 nitrogen and oxygen atoms in total. The van der Waals surface area contributed by atoms with Crippen LogP contribution in [-0.4, -0.2) is 36.3 Å². The van der Waals surface area contributed by atoms with Gasteiger partial charge >= 0.3 is 0 Å². The summed E-state index contributed by atoms with van der Waals surface area (Å²) >= 11 is 6.29. The second-order valence-corrected chi connectivity index (χ2v) is 7.90. The van der Waals surface area contributed by atoms with Crippen LogP contribution < -0.4 is 4.74 Å². The molecular formula is C25H22ClFN2O3. The Balaban J connectivity index is 1.54. The van der Waals surface area contributed by atoms with Gasteiger partial charge in [-0.25, -0.2) is 4.39 Å². The lowest BCUT2D eigenvalue weighted by atomic mass is 10.0. The molecule has 0 aromatic heterocycles. The van der Waals surface area contributed by atoms with Gasteiger partial charge in [-0.15, -0.1) is 0 Å². The lowest BCUT2D eigenvalue weighted by molar-refractivity contribution is 0.0405. The molecule has 1 heterocycles. The predicted molar refractivity (Wildman–Crippen MR) is 122 cm³/mol.